The number of allylic oxidation sites excluding steroid dienone is 5. The van der Waals surface area contributed by atoms with Gasteiger partial charge in [0, 0.05) is 0 Å². The van der Waals surface area contributed by atoms with Crippen LogP contribution in [0.4, 0.5) is 0 Å². The van der Waals surface area contributed by atoms with E-state index in [2.05, 4.69) is 42.6 Å². The molecule has 82 valence electrons. The van der Waals surface area contributed by atoms with Gasteiger partial charge in [0.2, 0.25) is 0 Å². The molecule has 0 saturated carbocycles. The summed E-state index contributed by atoms with van der Waals surface area (Å²) in [6.45, 7) is 4.33. The minimum Gasteiger partial charge on any atom is -0.490 e. The zero-order valence-electron chi connectivity index (χ0n) is 9.28. The lowest BCUT2D eigenvalue weighted by atomic mass is 10.1. The van der Waals surface area contributed by atoms with Crippen LogP contribution in [0.3, 0.4) is 0 Å². The predicted molar refractivity (Wildman–Crippen MR) is 62.5 cm³/mol. The van der Waals surface area contributed by atoms with Gasteiger partial charge in [-0.15, -0.1) is 0 Å². The quantitative estimate of drug-likeness (QED) is 0.747. The van der Waals surface area contributed by atoms with Crippen LogP contribution < -0.4 is 5.32 Å². The minimum absolute atomic E-state index is 0.393. The maximum absolute atomic E-state index is 5.94. The number of hydrogen-bond donors (Lipinski definition) is 1. The largest absolute Gasteiger partial charge is 0.490 e. The topological polar surface area (TPSA) is 21.3 Å². The molecule has 1 aliphatic heterocycles. The highest BCUT2D eigenvalue weighted by atomic mass is 16.5. The first kappa shape index (κ1) is 10.5. The van der Waals surface area contributed by atoms with Gasteiger partial charge in [-0.05, 0) is 44.0 Å². The van der Waals surface area contributed by atoms with Crippen LogP contribution in [-0.4, -0.2) is 19.2 Å². The Kier molecular flexibility index (Phi) is 3.62. The molecule has 1 N–H and O–H groups in total. The lowest BCUT2D eigenvalue weighted by molar-refractivity contribution is 0.0960. The van der Waals surface area contributed by atoms with Crippen LogP contribution in [0.25, 0.3) is 0 Å². The summed E-state index contributed by atoms with van der Waals surface area (Å²) in [5, 5.41) is 3.34. The number of nitrogens with one attached hydrogen (secondary N) is 1. The molecular formula is C13H19NO. The zero-order chi connectivity index (χ0) is 10.5. The van der Waals surface area contributed by atoms with E-state index < -0.39 is 0 Å². The Morgan fingerprint density at radius 3 is 2.87 bits per heavy atom. The minimum atomic E-state index is 0.393. The maximum atomic E-state index is 5.94. The summed E-state index contributed by atoms with van der Waals surface area (Å²) >= 11 is 0. The van der Waals surface area contributed by atoms with E-state index in [4.69, 9.17) is 4.74 Å². The zero-order valence-corrected chi connectivity index (χ0v) is 9.28. The van der Waals surface area contributed by atoms with Gasteiger partial charge in [0.1, 0.15) is 11.9 Å². The van der Waals surface area contributed by atoms with Gasteiger partial charge in [0.05, 0.1) is 0 Å². The molecule has 1 aliphatic carbocycles. The van der Waals surface area contributed by atoms with Crippen LogP contribution in [-0.2, 0) is 4.74 Å². The standard InChI is InChI=1S/C13H19NO/c1-11-3-2-4-12(6-5-11)15-13-7-9-14-10-8-13/h2-6,11,13-14H,7-10H2,1H3. The monoisotopic (exact) mass is 205 g/mol. The number of hydrogen-bond acceptors (Lipinski definition) is 2. The van der Waals surface area contributed by atoms with Crippen LogP contribution in [0.15, 0.2) is 36.1 Å². The van der Waals surface area contributed by atoms with Crippen LogP contribution in [0, 0.1) is 5.92 Å². The Morgan fingerprint density at radius 1 is 1.27 bits per heavy atom. The number of piperidine rings is 1. The van der Waals surface area contributed by atoms with Gasteiger partial charge in [-0.25, -0.2) is 0 Å². The molecule has 1 atom stereocenters. The second kappa shape index (κ2) is 5.17. The summed E-state index contributed by atoms with van der Waals surface area (Å²) in [6.07, 6.45) is 13.2. The highest BCUT2D eigenvalue weighted by Gasteiger charge is 2.14. The molecule has 2 rings (SSSR count). The second-order valence-corrected chi connectivity index (χ2v) is 4.24. The molecule has 0 amide bonds. The maximum Gasteiger partial charge on any atom is 0.119 e. The molecule has 2 heteroatoms. The fraction of sp³-hybridized carbons (Fsp3) is 0.538. The van der Waals surface area contributed by atoms with Crippen molar-refractivity contribution in [2.45, 2.75) is 25.9 Å². The van der Waals surface area contributed by atoms with E-state index in [0.717, 1.165) is 31.7 Å². The van der Waals surface area contributed by atoms with E-state index in [9.17, 15) is 0 Å². The fourth-order valence-electron chi connectivity index (χ4n) is 1.88. The van der Waals surface area contributed by atoms with E-state index >= 15 is 0 Å². The van der Waals surface area contributed by atoms with Crippen molar-refractivity contribution >= 4 is 0 Å². The molecule has 1 unspecified atom stereocenters. The predicted octanol–water partition coefficient (Wildman–Crippen LogP) is 2.40. The number of ether oxygens (including phenoxy) is 1. The molecule has 0 aromatic carbocycles. The second-order valence-electron chi connectivity index (χ2n) is 4.24. The Labute approximate surface area is 91.7 Å². The van der Waals surface area contributed by atoms with Crippen molar-refractivity contribution < 1.29 is 4.74 Å². The molecule has 15 heavy (non-hydrogen) atoms. The molecule has 0 aromatic heterocycles. The lowest BCUT2D eigenvalue weighted by Crippen LogP contribution is -2.32. The summed E-state index contributed by atoms with van der Waals surface area (Å²) in [4.78, 5) is 0. The molecule has 1 saturated heterocycles. The van der Waals surface area contributed by atoms with Crippen molar-refractivity contribution in [3.05, 3.63) is 36.1 Å². The van der Waals surface area contributed by atoms with Crippen LogP contribution in [0.5, 0.6) is 0 Å². The molecule has 0 radical (unpaired) electrons. The molecule has 1 fully saturated rings. The third-order valence-electron chi connectivity index (χ3n) is 2.83. The summed E-state index contributed by atoms with van der Waals surface area (Å²) in [5.74, 6) is 1.51. The third kappa shape index (κ3) is 3.24. The SMILES string of the molecule is CC1C=CC=C(OC2CCNCC2)C=C1. The lowest BCUT2D eigenvalue weighted by Gasteiger charge is -2.24. The fourth-order valence-corrected chi connectivity index (χ4v) is 1.88. The third-order valence-corrected chi connectivity index (χ3v) is 2.83. The van der Waals surface area contributed by atoms with Crippen molar-refractivity contribution in [2.75, 3.05) is 13.1 Å². The Bertz CT molecular complexity index is 285. The van der Waals surface area contributed by atoms with Gasteiger partial charge >= 0.3 is 0 Å². The normalized spacial score (nSPS) is 27.3. The van der Waals surface area contributed by atoms with Crippen LogP contribution in [0.1, 0.15) is 19.8 Å². The molecule has 0 bridgehead atoms. The Hall–Kier alpha value is -1.02. The molecule has 1 heterocycles. The Balaban J connectivity index is 1.90. The summed E-state index contributed by atoms with van der Waals surface area (Å²) in [6, 6.07) is 0. The smallest absolute Gasteiger partial charge is 0.119 e. The number of rotatable bonds is 2. The van der Waals surface area contributed by atoms with E-state index in [-0.39, 0.29) is 0 Å². The average Bonchev–Trinajstić information content (AvgIpc) is 2.46. The molecule has 0 spiro atoms. The van der Waals surface area contributed by atoms with Gasteiger partial charge in [0.25, 0.3) is 0 Å². The molecular weight excluding hydrogens is 186 g/mol. The molecule has 2 aliphatic rings. The van der Waals surface area contributed by atoms with Gasteiger partial charge < -0.3 is 10.1 Å². The van der Waals surface area contributed by atoms with E-state index in [0.29, 0.717) is 12.0 Å². The van der Waals surface area contributed by atoms with E-state index in [1.54, 1.807) is 0 Å². The summed E-state index contributed by atoms with van der Waals surface area (Å²) < 4.78 is 5.94. The van der Waals surface area contributed by atoms with E-state index in [1.165, 1.54) is 0 Å². The van der Waals surface area contributed by atoms with Crippen molar-refractivity contribution in [3.8, 4) is 0 Å². The first-order valence-corrected chi connectivity index (χ1v) is 5.78. The summed E-state index contributed by atoms with van der Waals surface area (Å²) in [7, 11) is 0. The first-order valence-electron chi connectivity index (χ1n) is 5.78. The van der Waals surface area contributed by atoms with Gasteiger partial charge in [0.15, 0.2) is 0 Å². The van der Waals surface area contributed by atoms with Gasteiger partial charge in [-0.2, -0.15) is 0 Å². The highest BCUT2D eigenvalue weighted by Crippen LogP contribution is 2.16. The van der Waals surface area contributed by atoms with Gasteiger partial charge in [-0.1, -0.05) is 25.2 Å². The van der Waals surface area contributed by atoms with Gasteiger partial charge in [-0.3, -0.25) is 0 Å². The van der Waals surface area contributed by atoms with Crippen molar-refractivity contribution in [1.29, 1.82) is 0 Å². The molecule has 2 nitrogen and oxygen atoms in total. The van der Waals surface area contributed by atoms with Crippen molar-refractivity contribution in [3.63, 3.8) is 0 Å². The summed E-state index contributed by atoms with van der Waals surface area (Å²) in [5.41, 5.74) is 0. The van der Waals surface area contributed by atoms with Crippen LogP contribution >= 0.6 is 0 Å². The first-order chi connectivity index (χ1) is 7.34. The molecule has 0 aromatic rings. The Morgan fingerprint density at radius 2 is 2.07 bits per heavy atom. The van der Waals surface area contributed by atoms with E-state index in [1.807, 2.05) is 0 Å². The average molecular weight is 205 g/mol. The van der Waals surface area contributed by atoms with Crippen LogP contribution in [0.2, 0.25) is 0 Å². The van der Waals surface area contributed by atoms with Crippen molar-refractivity contribution in [1.82, 2.24) is 5.32 Å². The van der Waals surface area contributed by atoms with Crippen molar-refractivity contribution in [2.24, 2.45) is 5.92 Å². The highest BCUT2D eigenvalue weighted by molar-refractivity contribution is 5.24.